The monoisotopic (exact) mass is 328 g/mol. The van der Waals surface area contributed by atoms with Crippen molar-refractivity contribution >= 4 is 87.8 Å². The van der Waals surface area contributed by atoms with Gasteiger partial charge >= 0.3 is 11.9 Å². The second-order valence-corrected chi connectivity index (χ2v) is 1.57. The van der Waals surface area contributed by atoms with E-state index in [-0.39, 0.29) is 81.3 Å². The Labute approximate surface area is 133 Å². The number of hydrogen-bond acceptors (Lipinski definition) is 4. The minimum Gasteiger partial charge on any atom is -0.479 e. The summed E-state index contributed by atoms with van der Waals surface area (Å²) >= 11 is 0. The van der Waals surface area contributed by atoms with Crippen LogP contribution in [-0.2, 0) is 9.59 Å². The van der Waals surface area contributed by atoms with Gasteiger partial charge in [0.2, 0.25) is 0 Å². The van der Waals surface area contributed by atoms with Crippen LogP contribution in [0.1, 0.15) is 0 Å². The maximum atomic E-state index is 9.77. The zero-order valence-corrected chi connectivity index (χ0v) is 12.4. The third-order valence-electron chi connectivity index (χ3n) is 0.805. The van der Waals surface area contributed by atoms with Gasteiger partial charge in [-0.05, 0) is 0 Å². The summed E-state index contributed by atoms with van der Waals surface area (Å²) in [5.74, 6) is -3.54. The van der Waals surface area contributed by atoms with Gasteiger partial charge in [-0.2, -0.15) is 0 Å². The van der Waals surface area contributed by atoms with Crippen LogP contribution < -0.4 is 0 Å². The van der Waals surface area contributed by atoms with Gasteiger partial charge in [0, 0.05) is 75.8 Å². The summed E-state index contributed by atoms with van der Waals surface area (Å²) in [4.78, 5) is 19.5. The normalized spacial score (nSPS) is 12.2. The van der Waals surface area contributed by atoms with E-state index >= 15 is 0 Å². The first-order valence-electron chi connectivity index (χ1n) is 2.28. The van der Waals surface area contributed by atoms with Crippen LogP contribution in [0.5, 0.6) is 0 Å². The second kappa shape index (κ2) is 11.3. The first-order chi connectivity index (χ1) is 4.46. The predicted molar refractivity (Wildman–Crippen MR) is 42.4 cm³/mol. The molecule has 2 atom stereocenters. The standard InChI is InChI=1S/C4H6O6.K.H2O.Sb/c5-1(3(7)8)2(6)4(9)10;;;/h1-2,5-6H,(H,7,8)(H,9,10);;1H2;. The fourth-order valence-electron chi connectivity index (χ4n) is 0.270. The fraction of sp³-hybridized carbons (Fsp3) is 0.500. The number of carboxylic acid groups (broad SMARTS) is 2. The van der Waals surface area contributed by atoms with E-state index in [4.69, 9.17) is 20.4 Å². The van der Waals surface area contributed by atoms with E-state index in [2.05, 4.69) is 0 Å². The number of carbonyl (C=O) groups is 2. The van der Waals surface area contributed by atoms with Gasteiger partial charge in [0.25, 0.3) is 0 Å². The number of carboxylic acids is 2. The molecule has 0 aromatic carbocycles. The smallest absolute Gasteiger partial charge is 0.335 e. The molecular weight excluding hydrogens is 321 g/mol. The molecule has 0 aromatic rings. The zero-order valence-electron chi connectivity index (χ0n) is 6.71. The minimum atomic E-state index is -2.27. The molecule has 0 aromatic heterocycles. The Bertz CT molecular complexity index is 145. The van der Waals surface area contributed by atoms with Crippen molar-refractivity contribution in [3.8, 4) is 0 Å². The Balaban J connectivity index is -0.000000135. The van der Waals surface area contributed by atoms with Crippen LogP contribution >= 0.6 is 0 Å². The maximum Gasteiger partial charge on any atom is 0.335 e. The third-order valence-corrected chi connectivity index (χ3v) is 0.805. The van der Waals surface area contributed by atoms with Crippen LogP contribution in [-0.4, -0.2) is 126 Å². The Hall–Kier alpha value is 1.27. The molecule has 0 saturated carbocycles. The molecule has 0 amide bonds. The molecule has 0 fully saturated rings. The minimum absolute atomic E-state index is 0. The van der Waals surface area contributed by atoms with Gasteiger partial charge in [0.15, 0.2) is 12.2 Å². The molecule has 0 aliphatic rings. The van der Waals surface area contributed by atoms with E-state index in [1.807, 2.05) is 0 Å². The average molecular weight is 329 g/mol. The van der Waals surface area contributed by atoms with Gasteiger partial charge < -0.3 is 25.9 Å². The fourth-order valence-corrected chi connectivity index (χ4v) is 0.270. The molecule has 2 unspecified atom stereocenters. The summed E-state index contributed by atoms with van der Waals surface area (Å²) in [6, 6.07) is 0. The Morgan fingerprint density at radius 2 is 1.08 bits per heavy atom. The van der Waals surface area contributed by atoms with E-state index in [0.717, 1.165) is 0 Å². The van der Waals surface area contributed by atoms with Crippen LogP contribution in [0.15, 0.2) is 0 Å². The van der Waals surface area contributed by atoms with Crippen LogP contribution in [0.4, 0.5) is 0 Å². The molecule has 0 saturated heterocycles. The molecule has 4 radical (unpaired) electrons. The molecule has 7 nitrogen and oxygen atoms in total. The Kier molecular flexibility index (Phi) is 20.8. The van der Waals surface area contributed by atoms with Gasteiger partial charge in [0.1, 0.15) is 0 Å². The summed E-state index contributed by atoms with van der Waals surface area (Å²) in [7, 11) is 0. The number of hydrogen-bond donors (Lipinski definition) is 4. The van der Waals surface area contributed by atoms with Gasteiger partial charge in [-0.15, -0.1) is 0 Å². The number of aliphatic carboxylic acids is 2. The third kappa shape index (κ3) is 9.58. The zero-order chi connectivity index (χ0) is 8.31. The first kappa shape index (κ1) is 23.8. The molecule has 0 heterocycles. The van der Waals surface area contributed by atoms with Crippen molar-refractivity contribution < 1.29 is 35.5 Å². The second-order valence-electron chi connectivity index (χ2n) is 1.57. The maximum absolute atomic E-state index is 9.77. The number of aliphatic hydroxyl groups is 2. The van der Waals surface area contributed by atoms with Crippen LogP contribution in [0.3, 0.4) is 0 Å². The van der Waals surface area contributed by atoms with Crippen molar-refractivity contribution in [2.45, 2.75) is 12.2 Å². The van der Waals surface area contributed by atoms with Crippen LogP contribution in [0.25, 0.3) is 0 Å². The van der Waals surface area contributed by atoms with Gasteiger partial charge in [0.05, 0.1) is 0 Å². The van der Waals surface area contributed by atoms with E-state index in [1.54, 1.807) is 0 Å². The van der Waals surface area contributed by atoms with Crippen LogP contribution in [0, 0.1) is 0 Å². The van der Waals surface area contributed by atoms with Crippen molar-refractivity contribution in [3.63, 3.8) is 0 Å². The van der Waals surface area contributed by atoms with Crippen molar-refractivity contribution in [1.82, 2.24) is 0 Å². The molecule has 0 aliphatic heterocycles. The Morgan fingerprint density at radius 1 is 0.923 bits per heavy atom. The van der Waals surface area contributed by atoms with E-state index in [0.29, 0.717) is 0 Å². The summed E-state index contributed by atoms with van der Waals surface area (Å²) in [6.07, 6.45) is -4.53. The molecule has 0 bridgehead atoms. The van der Waals surface area contributed by atoms with Crippen molar-refractivity contribution in [2.24, 2.45) is 0 Å². The largest absolute Gasteiger partial charge is 0.479 e. The molecule has 0 aliphatic carbocycles. The first-order valence-corrected chi connectivity index (χ1v) is 2.28. The molecule has 0 rings (SSSR count). The van der Waals surface area contributed by atoms with Crippen molar-refractivity contribution in [1.29, 1.82) is 0 Å². The summed E-state index contributed by atoms with van der Waals surface area (Å²) in [6.45, 7) is 0. The molecule has 13 heavy (non-hydrogen) atoms. The summed E-state index contributed by atoms with van der Waals surface area (Å²) in [5.41, 5.74) is 0. The van der Waals surface area contributed by atoms with Crippen LogP contribution in [0.2, 0.25) is 0 Å². The predicted octanol–water partition coefficient (Wildman–Crippen LogP) is -3.71. The van der Waals surface area contributed by atoms with Crippen molar-refractivity contribution in [3.05, 3.63) is 0 Å². The van der Waals surface area contributed by atoms with Crippen molar-refractivity contribution in [2.75, 3.05) is 0 Å². The Morgan fingerprint density at radius 3 is 1.15 bits per heavy atom. The molecule has 9 heteroatoms. The molecular formula is C4H8KO7Sb. The quantitative estimate of drug-likeness (QED) is 0.392. The van der Waals surface area contributed by atoms with Gasteiger partial charge in [-0.25, -0.2) is 9.59 Å². The average Bonchev–Trinajstić information content (AvgIpc) is 1.84. The summed E-state index contributed by atoms with van der Waals surface area (Å²) in [5, 5.41) is 32.5. The number of rotatable bonds is 3. The topological polar surface area (TPSA) is 147 Å². The summed E-state index contributed by atoms with van der Waals surface area (Å²) < 4.78 is 0. The van der Waals surface area contributed by atoms with Gasteiger partial charge in [-0.1, -0.05) is 0 Å². The number of aliphatic hydroxyl groups excluding tert-OH is 2. The van der Waals surface area contributed by atoms with E-state index in [1.165, 1.54) is 0 Å². The van der Waals surface area contributed by atoms with E-state index in [9.17, 15) is 9.59 Å². The van der Waals surface area contributed by atoms with Gasteiger partial charge in [-0.3, -0.25) is 0 Å². The van der Waals surface area contributed by atoms with E-state index < -0.39 is 24.1 Å². The molecule has 0 spiro atoms. The SMILES string of the molecule is O.O=C(O)C(O)C(O)C(=O)O.[K].[Sb]. The molecule has 72 valence electrons. The molecule has 6 N–H and O–H groups in total.